The van der Waals surface area contributed by atoms with Crippen molar-refractivity contribution in [1.29, 1.82) is 0 Å². The summed E-state index contributed by atoms with van der Waals surface area (Å²) in [6.07, 6.45) is 1.27. The molecule has 0 saturated heterocycles. The van der Waals surface area contributed by atoms with Gasteiger partial charge in [-0.05, 0) is 37.8 Å². The number of hydrogen-bond acceptors (Lipinski definition) is 3. The fourth-order valence-electron chi connectivity index (χ4n) is 2.70. The molecule has 0 aliphatic rings. The van der Waals surface area contributed by atoms with Crippen molar-refractivity contribution in [3.05, 3.63) is 30.1 Å². The molecule has 2 unspecified atom stereocenters. The molecule has 0 fully saturated rings. The summed E-state index contributed by atoms with van der Waals surface area (Å²) in [4.78, 5) is 20.3. The number of nitrogens with one attached hydrogen (secondary N) is 3. The first-order valence-corrected chi connectivity index (χ1v) is 8.52. The summed E-state index contributed by atoms with van der Waals surface area (Å²) in [5, 5.41) is 15.2. The zero-order valence-electron chi connectivity index (χ0n) is 14.9. The minimum absolute atomic E-state index is 0.0435. The van der Waals surface area contributed by atoms with Gasteiger partial charge in [-0.15, -0.1) is 0 Å². The lowest BCUT2D eigenvalue weighted by Crippen LogP contribution is -2.51. The maximum Gasteiger partial charge on any atom is 0.315 e. The largest absolute Gasteiger partial charge is 0.396 e. The predicted molar refractivity (Wildman–Crippen MR) is 95.7 cm³/mol. The molecular weight excluding hydrogens is 304 g/mol. The summed E-state index contributed by atoms with van der Waals surface area (Å²) in [5.74, 6) is 0.934. The van der Waals surface area contributed by atoms with E-state index >= 15 is 0 Å². The van der Waals surface area contributed by atoms with Crippen LogP contribution in [-0.2, 0) is 0 Å². The predicted octanol–water partition coefficient (Wildman–Crippen LogP) is 3.11. The highest BCUT2D eigenvalue weighted by atomic mass is 16.3. The summed E-state index contributed by atoms with van der Waals surface area (Å²) in [5.41, 5.74) is 1.42. The van der Waals surface area contributed by atoms with Crippen LogP contribution in [-0.4, -0.2) is 33.3 Å². The molecule has 6 heteroatoms. The number of benzene rings is 1. The van der Waals surface area contributed by atoms with E-state index in [4.69, 9.17) is 0 Å². The normalized spacial score (nSPS) is 15.2. The first kappa shape index (κ1) is 18.3. The van der Waals surface area contributed by atoms with Crippen LogP contribution in [0.1, 0.15) is 52.4 Å². The fraction of sp³-hybridized carbons (Fsp3) is 0.556. The van der Waals surface area contributed by atoms with E-state index in [9.17, 15) is 9.90 Å². The molecular formula is C18H28N4O2. The van der Waals surface area contributed by atoms with Gasteiger partial charge in [-0.1, -0.05) is 32.9 Å². The van der Waals surface area contributed by atoms with Gasteiger partial charge in [0.25, 0.3) is 0 Å². The Bertz CT molecular complexity index is 649. The number of rotatable bonds is 7. The van der Waals surface area contributed by atoms with Crippen molar-refractivity contribution < 1.29 is 9.90 Å². The van der Waals surface area contributed by atoms with Crippen molar-refractivity contribution in [1.82, 2.24) is 20.6 Å². The standard InChI is InChI=1S/C18H28N4O2/c1-5-18(4,10-11-23)22-17(24)21-15(12(2)3)16-19-13-8-6-7-9-14(13)20-16/h6-9,12,15,23H,5,10-11H2,1-4H3,(H,19,20)(H2,21,22,24). The van der Waals surface area contributed by atoms with Gasteiger partial charge in [0.05, 0.1) is 17.1 Å². The Morgan fingerprint density at radius 1 is 1.38 bits per heavy atom. The van der Waals surface area contributed by atoms with Gasteiger partial charge in [-0.2, -0.15) is 0 Å². The quantitative estimate of drug-likeness (QED) is 0.628. The Labute approximate surface area is 143 Å². The molecule has 0 saturated carbocycles. The van der Waals surface area contributed by atoms with Crippen molar-refractivity contribution in [3.63, 3.8) is 0 Å². The minimum Gasteiger partial charge on any atom is -0.396 e. The molecule has 1 heterocycles. The average Bonchev–Trinajstić information content (AvgIpc) is 2.96. The molecule has 2 amide bonds. The summed E-state index contributed by atoms with van der Waals surface area (Å²) in [7, 11) is 0. The first-order valence-electron chi connectivity index (χ1n) is 8.52. The Kier molecular flexibility index (Phi) is 5.83. The molecule has 0 aliphatic heterocycles. The number of nitrogens with zero attached hydrogens (tertiary/aromatic N) is 1. The Morgan fingerprint density at radius 2 is 2.08 bits per heavy atom. The van der Waals surface area contributed by atoms with Crippen molar-refractivity contribution >= 4 is 17.1 Å². The summed E-state index contributed by atoms with van der Waals surface area (Å²) >= 11 is 0. The van der Waals surface area contributed by atoms with Gasteiger partial charge >= 0.3 is 6.03 Å². The topological polar surface area (TPSA) is 90.0 Å². The van der Waals surface area contributed by atoms with E-state index < -0.39 is 5.54 Å². The van der Waals surface area contributed by atoms with E-state index in [0.29, 0.717) is 6.42 Å². The van der Waals surface area contributed by atoms with E-state index in [1.807, 2.05) is 52.0 Å². The smallest absolute Gasteiger partial charge is 0.315 e. The maximum atomic E-state index is 12.5. The van der Waals surface area contributed by atoms with E-state index in [1.165, 1.54) is 0 Å². The summed E-state index contributed by atoms with van der Waals surface area (Å²) in [6.45, 7) is 8.07. The third-order valence-corrected chi connectivity index (χ3v) is 4.51. The first-order chi connectivity index (χ1) is 11.4. The van der Waals surface area contributed by atoms with Crippen LogP contribution in [0, 0.1) is 5.92 Å². The third kappa shape index (κ3) is 4.26. The molecule has 0 aliphatic carbocycles. The second kappa shape index (κ2) is 7.66. The molecule has 1 aromatic heterocycles. The number of imidazole rings is 1. The zero-order valence-corrected chi connectivity index (χ0v) is 14.9. The number of carbonyl (C=O) groups excluding carboxylic acids is 1. The van der Waals surface area contributed by atoms with Crippen LogP contribution in [0.15, 0.2) is 24.3 Å². The van der Waals surface area contributed by atoms with Crippen molar-refractivity contribution in [2.45, 2.75) is 52.1 Å². The number of aliphatic hydroxyl groups excluding tert-OH is 1. The van der Waals surface area contributed by atoms with Crippen LogP contribution in [0.2, 0.25) is 0 Å². The van der Waals surface area contributed by atoms with E-state index in [0.717, 1.165) is 23.3 Å². The molecule has 1 aromatic carbocycles. The fourth-order valence-corrected chi connectivity index (χ4v) is 2.70. The average molecular weight is 332 g/mol. The summed E-state index contributed by atoms with van der Waals surface area (Å²) in [6, 6.07) is 7.36. The number of para-hydroxylation sites is 2. The van der Waals surface area contributed by atoms with E-state index in [-0.39, 0.29) is 24.6 Å². The number of urea groups is 1. The number of aliphatic hydroxyl groups is 1. The zero-order chi connectivity index (χ0) is 17.7. The van der Waals surface area contributed by atoms with Crippen molar-refractivity contribution in [2.24, 2.45) is 5.92 Å². The highest BCUT2D eigenvalue weighted by molar-refractivity contribution is 5.77. The van der Waals surface area contributed by atoms with Gasteiger partial charge in [0.1, 0.15) is 5.82 Å². The minimum atomic E-state index is -0.422. The molecule has 0 radical (unpaired) electrons. The molecule has 0 bridgehead atoms. The molecule has 0 spiro atoms. The third-order valence-electron chi connectivity index (χ3n) is 4.51. The van der Waals surface area contributed by atoms with Gasteiger partial charge in [0.2, 0.25) is 0 Å². The van der Waals surface area contributed by atoms with Gasteiger partial charge in [0.15, 0.2) is 0 Å². The second-order valence-electron chi connectivity index (χ2n) is 6.85. The number of hydrogen-bond donors (Lipinski definition) is 4. The number of aromatic nitrogens is 2. The molecule has 6 nitrogen and oxygen atoms in total. The van der Waals surface area contributed by atoms with Gasteiger partial charge < -0.3 is 20.7 Å². The number of aromatic amines is 1. The molecule has 4 N–H and O–H groups in total. The highest BCUT2D eigenvalue weighted by Gasteiger charge is 2.27. The second-order valence-corrected chi connectivity index (χ2v) is 6.85. The molecule has 2 aromatic rings. The number of carbonyl (C=O) groups is 1. The Balaban J connectivity index is 2.15. The van der Waals surface area contributed by atoms with Gasteiger partial charge in [-0.25, -0.2) is 9.78 Å². The van der Waals surface area contributed by atoms with Crippen LogP contribution < -0.4 is 10.6 Å². The molecule has 24 heavy (non-hydrogen) atoms. The number of fused-ring (bicyclic) bond motifs is 1. The van der Waals surface area contributed by atoms with Crippen molar-refractivity contribution in [2.75, 3.05) is 6.61 Å². The molecule has 2 atom stereocenters. The van der Waals surface area contributed by atoms with Crippen LogP contribution in [0.25, 0.3) is 11.0 Å². The lowest BCUT2D eigenvalue weighted by Gasteiger charge is -2.30. The van der Waals surface area contributed by atoms with Crippen LogP contribution in [0.4, 0.5) is 4.79 Å². The van der Waals surface area contributed by atoms with Gasteiger partial charge in [-0.3, -0.25) is 0 Å². The van der Waals surface area contributed by atoms with Crippen LogP contribution in [0.5, 0.6) is 0 Å². The number of H-pyrrole nitrogens is 1. The molecule has 2 rings (SSSR count). The summed E-state index contributed by atoms with van der Waals surface area (Å²) < 4.78 is 0. The van der Waals surface area contributed by atoms with Gasteiger partial charge in [0, 0.05) is 12.1 Å². The Hall–Kier alpha value is -2.08. The highest BCUT2D eigenvalue weighted by Crippen LogP contribution is 2.22. The lowest BCUT2D eigenvalue weighted by molar-refractivity contribution is 0.196. The van der Waals surface area contributed by atoms with Crippen LogP contribution in [0.3, 0.4) is 0 Å². The van der Waals surface area contributed by atoms with Crippen molar-refractivity contribution in [3.8, 4) is 0 Å². The van der Waals surface area contributed by atoms with Crippen LogP contribution >= 0.6 is 0 Å². The number of amides is 2. The maximum absolute atomic E-state index is 12.5. The van der Waals surface area contributed by atoms with E-state index in [2.05, 4.69) is 20.6 Å². The SMILES string of the molecule is CCC(C)(CCO)NC(=O)NC(c1nc2ccccc2[nH]1)C(C)C. The lowest BCUT2D eigenvalue weighted by atomic mass is 9.95. The monoisotopic (exact) mass is 332 g/mol. The van der Waals surface area contributed by atoms with E-state index in [1.54, 1.807) is 0 Å². The molecule has 132 valence electrons. The Morgan fingerprint density at radius 3 is 2.67 bits per heavy atom.